The second kappa shape index (κ2) is 7.65. The molecule has 0 saturated carbocycles. The lowest BCUT2D eigenvalue weighted by atomic mass is 9.77. The summed E-state index contributed by atoms with van der Waals surface area (Å²) in [7, 11) is 0. The fraction of sp³-hybridized carbons (Fsp3) is 0.154. The zero-order valence-corrected chi connectivity index (χ0v) is 20.0. The van der Waals surface area contributed by atoms with Crippen molar-refractivity contribution in [1.29, 1.82) is 0 Å². The molecule has 6 nitrogen and oxygen atoms in total. The quantitative estimate of drug-likeness (QED) is 0.331. The Morgan fingerprint density at radius 2 is 1.51 bits per heavy atom. The van der Waals surface area contributed by atoms with Gasteiger partial charge in [-0.25, -0.2) is 9.29 Å². The van der Waals surface area contributed by atoms with Crippen LogP contribution in [-0.4, -0.2) is 29.0 Å². The van der Waals surface area contributed by atoms with Crippen molar-refractivity contribution in [3.8, 4) is 0 Å². The van der Waals surface area contributed by atoms with E-state index in [4.69, 9.17) is 16.3 Å². The van der Waals surface area contributed by atoms with Gasteiger partial charge in [0.05, 0.1) is 28.6 Å². The number of benzene rings is 3. The molecule has 174 valence electrons. The van der Waals surface area contributed by atoms with Crippen molar-refractivity contribution in [3.05, 3.63) is 98.7 Å². The lowest BCUT2D eigenvalue weighted by Crippen LogP contribution is -2.51. The number of carbonyl (C=O) groups excluding carboxylic acids is 4. The minimum Gasteiger partial charge on any atom is -0.349 e. The molecule has 3 aromatic rings. The smallest absolute Gasteiger partial charge is 0.241 e. The molecule has 3 atom stereocenters. The van der Waals surface area contributed by atoms with E-state index >= 15 is 0 Å². The van der Waals surface area contributed by atoms with Crippen LogP contribution >= 0.6 is 27.5 Å². The number of fused-ring (bicyclic) bond motifs is 3. The Kier molecular flexibility index (Phi) is 4.87. The van der Waals surface area contributed by atoms with Crippen LogP contribution in [0.15, 0.2) is 71.2 Å². The lowest BCUT2D eigenvalue weighted by Gasteiger charge is -2.27. The number of rotatable bonds is 2. The number of imide groups is 1. The molecule has 2 aliphatic heterocycles. The van der Waals surface area contributed by atoms with Crippen molar-refractivity contribution in [2.75, 3.05) is 4.90 Å². The van der Waals surface area contributed by atoms with E-state index in [0.717, 1.165) is 15.4 Å². The van der Waals surface area contributed by atoms with E-state index < -0.39 is 52.7 Å². The Hall–Kier alpha value is -3.20. The first-order chi connectivity index (χ1) is 16.8. The molecule has 9 heteroatoms. The van der Waals surface area contributed by atoms with Crippen LogP contribution < -0.4 is 4.90 Å². The largest absolute Gasteiger partial charge is 0.349 e. The summed E-state index contributed by atoms with van der Waals surface area (Å²) < 4.78 is 20.8. The second-order valence-corrected chi connectivity index (χ2v) is 9.97. The first-order valence-electron chi connectivity index (χ1n) is 10.7. The highest BCUT2D eigenvalue weighted by atomic mass is 79.9. The third kappa shape index (κ3) is 2.90. The van der Waals surface area contributed by atoms with Gasteiger partial charge in [-0.1, -0.05) is 57.9 Å². The van der Waals surface area contributed by atoms with Crippen molar-refractivity contribution >= 4 is 56.6 Å². The predicted octanol–water partition coefficient (Wildman–Crippen LogP) is 4.94. The summed E-state index contributed by atoms with van der Waals surface area (Å²) in [5, 5.41) is -0.211. The van der Waals surface area contributed by atoms with E-state index in [2.05, 4.69) is 15.9 Å². The fourth-order valence-corrected chi connectivity index (χ4v) is 5.81. The number of anilines is 1. The maximum atomic E-state index is 13.9. The first kappa shape index (κ1) is 22.3. The maximum absolute atomic E-state index is 13.9. The SMILES string of the molecule is O=C1[C@@H]2[C@H](c3ccc(F)c(Cl)c3)OC3(C(=O)c4ccccc4C3=O)[C@H]2C(=O)N1c1ccc(Br)cc1. The Balaban J connectivity index is 1.55. The molecule has 0 N–H and O–H groups in total. The third-order valence-electron chi connectivity index (χ3n) is 6.88. The summed E-state index contributed by atoms with van der Waals surface area (Å²) >= 11 is 9.32. The van der Waals surface area contributed by atoms with Gasteiger partial charge >= 0.3 is 0 Å². The highest BCUT2D eigenvalue weighted by Crippen LogP contribution is 2.57. The third-order valence-corrected chi connectivity index (χ3v) is 7.69. The van der Waals surface area contributed by atoms with Crippen molar-refractivity contribution in [3.63, 3.8) is 0 Å². The highest BCUT2D eigenvalue weighted by Gasteiger charge is 2.74. The number of ether oxygens (including phenoxy) is 1. The molecule has 3 aliphatic rings. The van der Waals surface area contributed by atoms with Crippen LogP contribution in [-0.2, 0) is 14.3 Å². The Labute approximate surface area is 211 Å². The number of carbonyl (C=O) groups is 4. The maximum Gasteiger partial charge on any atom is 0.241 e. The number of ketones is 2. The lowest BCUT2D eigenvalue weighted by molar-refractivity contribution is -0.127. The molecule has 35 heavy (non-hydrogen) atoms. The Morgan fingerprint density at radius 1 is 0.886 bits per heavy atom. The van der Waals surface area contributed by atoms with Crippen molar-refractivity contribution in [2.45, 2.75) is 11.7 Å². The molecule has 0 radical (unpaired) electrons. The molecular weight excluding hydrogens is 541 g/mol. The summed E-state index contributed by atoms with van der Waals surface area (Å²) in [6, 6.07) is 16.5. The van der Waals surface area contributed by atoms with Gasteiger partial charge in [0.15, 0.2) is 0 Å². The normalized spacial score (nSPS) is 24.4. The summed E-state index contributed by atoms with van der Waals surface area (Å²) in [4.78, 5) is 55.9. The van der Waals surface area contributed by atoms with E-state index in [9.17, 15) is 23.6 Å². The van der Waals surface area contributed by atoms with Crippen LogP contribution in [0.5, 0.6) is 0 Å². The van der Waals surface area contributed by atoms with E-state index in [1.54, 1.807) is 36.4 Å². The van der Waals surface area contributed by atoms with Crippen LogP contribution in [0.2, 0.25) is 5.02 Å². The first-order valence-corrected chi connectivity index (χ1v) is 11.9. The molecule has 1 aliphatic carbocycles. The number of Topliss-reactive ketones (excluding diaryl/α,β-unsaturated/α-hetero) is 2. The predicted molar refractivity (Wildman–Crippen MR) is 127 cm³/mol. The molecule has 6 rings (SSSR count). The van der Waals surface area contributed by atoms with Gasteiger partial charge in [-0.2, -0.15) is 0 Å². The minimum atomic E-state index is -2.20. The summed E-state index contributed by atoms with van der Waals surface area (Å²) in [6.07, 6.45) is -1.17. The van der Waals surface area contributed by atoms with Crippen LogP contribution in [0, 0.1) is 17.7 Å². The average Bonchev–Trinajstić information content (AvgIpc) is 3.42. The van der Waals surface area contributed by atoms with Crippen LogP contribution in [0.25, 0.3) is 0 Å². The molecule has 0 unspecified atom stereocenters. The van der Waals surface area contributed by atoms with Gasteiger partial charge < -0.3 is 4.74 Å². The van der Waals surface area contributed by atoms with Gasteiger partial charge in [-0.05, 0) is 42.0 Å². The summed E-state index contributed by atoms with van der Waals surface area (Å²) in [5.41, 5.74) is -1.33. The topological polar surface area (TPSA) is 80.8 Å². The molecular formula is C26H14BrClFNO5. The fourth-order valence-electron chi connectivity index (χ4n) is 5.35. The van der Waals surface area contributed by atoms with Gasteiger partial charge in [-0.3, -0.25) is 19.2 Å². The zero-order valence-electron chi connectivity index (χ0n) is 17.7. The summed E-state index contributed by atoms with van der Waals surface area (Å²) in [5.74, 6) is -5.89. The monoisotopic (exact) mass is 553 g/mol. The van der Waals surface area contributed by atoms with Gasteiger partial charge in [0.1, 0.15) is 5.82 Å². The molecule has 2 saturated heterocycles. The zero-order chi connectivity index (χ0) is 24.6. The average molecular weight is 555 g/mol. The molecule has 2 amide bonds. The number of nitrogens with zero attached hydrogens (tertiary/aromatic N) is 1. The highest BCUT2D eigenvalue weighted by molar-refractivity contribution is 9.10. The van der Waals surface area contributed by atoms with Crippen molar-refractivity contribution in [1.82, 2.24) is 0 Å². The second-order valence-electron chi connectivity index (χ2n) is 8.64. The van der Waals surface area contributed by atoms with Crippen LogP contribution in [0.3, 0.4) is 0 Å². The molecule has 2 fully saturated rings. The van der Waals surface area contributed by atoms with Gasteiger partial charge in [-0.15, -0.1) is 0 Å². The Morgan fingerprint density at radius 3 is 2.11 bits per heavy atom. The van der Waals surface area contributed by atoms with Crippen molar-refractivity contribution < 1.29 is 28.3 Å². The molecule has 2 heterocycles. The van der Waals surface area contributed by atoms with Crippen LogP contribution in [0.4, 0.5) is 10.1 Å². The number of amides is 2. The van der Waals surface area contributed by atoms with Gasteiger partial charge in [0, 0.05) is 15.6 Å². The van der Waals surface area contributed by atoms with E-state index in [1.165, 1.54) is 24.3 Å². The molecule has 0 bridgehead atoms. The number of hydrogen-bond donors (Lipinski definition) is 0. The van der Waals surface area contributed by atoms with Crippen molar-refractivity contribution in [2.24, 2.45) is 11.8 Å². The van der Waals surface area contributed by atoms with Gasteiger partial charge in [0.25, 0.3) is 0 Å². The summed E-state index contributed by atoms with van der Waals surface area (Å²) in [6.45, 7) is 0. The van der Waals surface area contributed by atoms with E-state index in [-0.39, 0.29) is 16.1 Å². The standard InChI is InChI=1S/C26H14BrClFNO5/c27-13-6-8-14(9-7-13)30-24(33)19-20(25(30)34)26(22(31)15-3-1-2-4-16(15)23(26)32)35-21(19)12-5-10-18(29)17(28)11-12/h1-11,19-21H/t19-,20+,21-/m0/s1. The molecule has 1 spiro atoms. The number of halogens is 3. The number of hydrogen-bond acceptors (Lipinski definition) is 5. The van der Waals surface area contributed by atoms with E-state index in [0.29, 0.717) is 11.3 Å². The Bertz CT molecular complexity index is 1440. The molecule has 0 aromatic heterocycles. The van der Waals surface area contributed by atoms with E-state index in [1.807, 2.05) is 0 Å². The van der Waals surface area contributed by atoms with Crippen LogP contribution in [0.1, 0.15) is 32.4 Å². The molecule has 3 aromatic carbocycles. The van der Waals surface area contributed by atoms with Gasteiger partial charge in [0.2, 0.25) is 29.0 Å². The minimum absolute atomic E-state index is 0.136.